The summed E-state index contributed by atoms with van der Waals surface area (Å²) in [4.78, 5) is 0. The highest BCUT2D eigenvalue weighted by molar-refractivity contribution is 4.85. The molecule has 4 rings (SSSR count). The Labute approximate surface area is 114 Å². The van der Waals surface area contributed by atoms with Crippen LogP contribution in [0.2, 0.25) is 0 Å². The van der Waals surface area contributed by atoms with E-state index in [1.54, 1.807) is 57.8 Å². The van der Waals surface area contributed by atoms with Crippen molar-refractivity contribution in [3.63, 3.8) is 0 Å². The Kier molecular flexibility index (Phi) is 4.31. The van der Waals surface area contributed by atoms with E-state index in [1.807, 2.05) is 0 Å². The summed E-state index contributed by atoms with van der Waals surface area (Å²) in [7, 11) is 0. The van der Waals surface area contributed by atoms with Crippen molar-refractivity contribution in [1.29, 1.82) is 0 Å². The molecule has 0 saturated heterocycles. The zero-order chi connectivity index (χ0) is 12.3. The fraction of sp³-hybridized carbons (Fsp3) is 1.00. The van der Waals surface area contributed by atoms with Gasteiger partial charge in [-0.2, -0.15) is 0 Å². The van der Waals surface area contributed by atoms with Gasteiger partial charge < -0.3 is 0 Å². The molecule has 0 nitrogen and oxygen atoms in total. The number of hydrogen-bond acceptors (Lipinski definition) is 0. The summed E-state index contributed by atoms with van der Waals surface area (Å²) in [5, 5.41) is 0. The van der Waals surface area contributed by atoms with Gasteiger partial charge in [0.05, 0.1) is 0 Å². The van der Waals surface area contributed by atoms with Gasteiger partial charge in [-0.1, -0.05) is 64.2 Å². The lowest BCUT2D eigenvalue weighted by Crippen LogP contribution is -2.26. The zero-order valence-corrected chi connectivity index (χ0v) is 12.3. The van der Waals surface area contributed by atoms with Crippen LogP contribution >= 0.6 is 0 Å². The van der Waals surface area contributed by atoms with Gasteiger partial charge in [-0.25, -0.2) is 0 Å². The molecule has 4 aliphatic carbocycles. The van der Waals surface area contributed by atoms with Crippen molar-refractivity contribution in [3.05, 3.63) is 0 Å². The highest BCUT2D eigenvalue weighted by Crippen LogP contribution is 2.47. The Morgan fingerprint density at radius 3 is 1.17 bits per heavy atom. The van der Waals surface area contributed by atoms with Crippen LogP contribution in [0.15, 0.2) is 0 Å². The second-order valence-corrected chi connectivity index (χ2v) is 7.74. The maximum atomic E-state index is 1.58. The lowest BCUT2D eigenvalue weighted by Gasteiger charge is -2.40. The minimum Gasteiger partial charge on any atom is -0.0533 e. The quantitative estimate of drug-likeness (QED) is 0.486. The first kappa shape index (κ1) is 13.0. The Hall–Kier alpha value is 0. The van der Waals surface area contributed by atoms with Gasteiger partial charge in [0.25, 0.3) is 0 Å². The van der Waals surface area contributed by atoms with E-state index in [1.165, 1.54) is 50.4 Å². The van der Waals surface area contributed by atoms with Crippen molar-refractivity contribution in [2.75, 3.05) is 0 Å². The Bertz CT molecular complexity index is 205. The fourth-order valence-corrected chi connectivity index (χ4v) is 5.28. The fourth-order valence-electron chi connectivity index (χ4n) is 5.28. The molecule has 0 atom stereocenters. The summed E-state index contributed by atoms with van der Waals surface area (Å²) >= 11 is 0. The number of hydrogen-bond donors (Lipinski definition) is 0. The first-order valence-electron chi connectivity index (χ1n) is 8.86. The molecule has 0 heterocycles. The average Bonchev–Trinajstić information content (AvgIpc) is 3.06. The summed E-state index contributed by atoms with van der Waals surface area (Å²) < 4.78 is 0. The van der Waals surface area contributed by atoms with Crippen LogP contribution < -0.4 is 0 Å². The molecule has 4 fully saturated rings. The Morgan fingerprint density at radius 1 is 0.500 bits per heavy atom. The van der Waals surface area contributed by atoms with Crippen LogP contribution in [-0.4, -0.2) is 0 Å². The second kappa shape index (κ2) is 5.97. The molecule has 4 aliphatic rings. The number of fused-ring (bicyclic) bond motifs is 2. The van der Waals surface area contributed by atoms with E-state index in [0.29, 0.717) is 0 Å². The predicted octanol–water partition coefficient (Wildman–Crippen LogP) is 6.10. The summed E-state index contributed by atoms with van der Waals surface area (Å²) in [6.45, 7) is 0. The zero-order valence-electron chi connectivity index (χ0n) is 12.3. The Balaban J connectivity index is 0.000000122. The van der Waals surface area contributed by atoms with Crippen LogP contribution in [0.1, 0.15) is 96.3 Å². The van der Waals surface area contributed by atoms with Crippen molar-refractivity contribution in [3.8, 4) is 0 Å². The van der Waals surface area contributed by atoms with Crippen molar-refractivity contribution >= 4 is 0 Å². The van der Waals surface area contributed by atoms with Crippen LogP contribution in [0.5, 0.6) is 0 Å². The minimum atomic E-state index is 0.858. The molecule has 0 radical (unpaired) electrons. The normalized spacial score (nSPS) is 37.3. The summed E-state index contributed by atoms with van der Waals surface area (Å²) in [6.07, 6.45) is 23.2. The third-order valence-corrected chi connectivity index (χ3v) is 6.46. The summed E-state index contributed by atoms with van der Waals surface area (Å²) in [5.41, 5.74) is 0.858. The van der Waals surface area contributed by atoms with Crippen LogP contribution in [-0.2, 0) is 0 Å². The van der Waals surface area contributed by atoms with Gasteiger partial charge in [0.1, 0.15) is 0 Å². The SMILES string of the molecule is C1CC2CCC1C2.C1CCC2(CC1)CCCCC2. The topological polar surface area (TPSA) is 0 Å². The van der Waals surface area contributed by atoms with E-state index in [9.17, 15) is 0 Å². The van der Waals surface area contributed by atoms with Gasteiger partial charge >= 0.3 is 0 Å². The summed E-state index contributed by atoms with van der Waals surface area (Å²) in [6, 6.07) is 0. The summed E-state index contributed by atoms with van der Waals surface area (Å²) in [5.74, 6) is 2.34. The van der Waals surface area contributed by atoms with Crippen molar-refractivity contribution < 1.29 is 0 Å². The monoisotopic (exact) mass is 248 g/mol. The highest BCUT2D eigenvalue weighted by Gasteiger charge is 2.32. The molecule has 0 N–H and O–H groups in total. The lowest BCUT2D eigenvalue weighted by atomic mass is 9.65. The largest absolute Gasteiger partial charge is 0.0533 e. The molecule has 2 bridgehead atoms. The van der Waals surface area contributed by atoms with Gasteiger partial charge in [-0.05, 0) is 49.4 Å². The van der Waals surface area contributed by atoms with E-state index in [-0.39, 0.29) is 0 Å². The highest BCUT2D eigenvalue weighted by atomic mass is 14.4. The minimum absolute atomic E-state index is 0.858. The molecule has 0 unspecified atom stereocenters. The molecule has 4 saturated carbocycles. The van der Waals surface area contributed by atoms with E-state index in [2.05, 4.69) is 0 Å². The molecule has 0 aromatic carbocycles. The van der Waals surface area contributed by atoms with Crippen LogP contribution in [0, 0.1) is 17.3 Å². The maximum Gasteiger partial charge on any atom is -0.0297 e. The van der Waals surface area contributed by atoms with Gasteiger partial charge in [0, 0.05) is 0 Å². The van der Waals surface area contributed by atoms with Crippen LogP contribution in [0.3, 0.4) is 0 Å². The van der Waals surface area contributed by atoms with Crippen molar-refractivity contribution in [2.45, 2.75) is 96.3 Å². The molecule has 0 aromatic rings. The van der Waals surface area contributed by atoms with Crippen LogP contribution in [0.4, 0.5) is 0 Å². The van der Waals surface area contributed by atoms with E-state index < -0.39 is 0 Å². The van der Waals surface area contributed by atoms with E-state index in [4.69, 9.17) is 0 Å². The molecule has 104 valence electrons. The van der Waals surface area contributed by atoms with Gasteiger partial charge in [-0.3, -0.25) is 0 Å². The smallest absolute Gasteiger partial charge is 0.0297 e. The Morgan fingerprint density at radius 2 is 0.889 bits per heavy atom. The van der Waals surface area contributed by atoms with Gasteiger partial charge in [-0.15, -0.1) is 0 Å². The molecule has 0 heteroatoms. The standard InChI is InChI=1S/C11H20.C7H12/c1-3-7-11(8-4-1)9-5-2-6-10-11;1-2-7-4-3-6(1)5-7/h1-10H2;6-7H,1-5H2. The molecule has 0 aliphatic heterocycles. The molecule has 18 heavy (non-hydrogen) atoms. The maximum absolute atomic E-state index is 1.58. The van der Waals surface area contributed by atoms with Crippen molar-refractivity contribution in [2.24, 2.45) is 17.3 Å². The first-order chi connectivity index (χ1) is 8.86. The average molecular weight is 248 g/mol. The second-order valence-electron chi connectivity index (χ2n) is 7.74. The van der Waals surface area contributed by atoms with Crippen LogP contribution in [0.25, 0.3) is 0 Å². The molecular weight excluding hydrogens is 216 g/mol. The predicted molar refractivity (Wildman–Crippen MR) is 78.7 cm³/mol. The molecule has 0 aromatic heterocycles. The third kappa shape index (κ3) is 3.11. The van der Waals surface area contributed by atoms with E-state index >= 15 is 0 Å². The number of rotatable bonds is 0. The third-order valence-electron chi connectivity index (χ3n) is 6.46. The van der Waals surface area contributed by atoms with Gasteiger partial charge in [0.15, 0.2) is 0 Å². The lowest BCUT2D eigenvalue weighted by molar-refractivity contribution is 0.124. The molecule has 1 spiro atoms. The first-order valence-corrected chi connectivity index (χ1v) is 8.86. The molecular formula is C18H32. The van der Waals surface area contributed by atoms with Crippen molar-refractivity contribution in [1.82, 2.24) is 0 Å². The van der Waals surface area contributed by atoms with Gasteiger partial charge in [0.2, 0.25) is 0 Å². The molecule has 0 amide bonds. The van der Waals surface area contributed by atoms with E-state index in [0.717, 1.165) is 5.41 Å².